The Hall–Kier alpha value is -3.85. The summed E-state index contributed by atoms with van der Waals surface area (Å²) in [4.78, 5) is 4.37. The van der Waals surface area contributed by atoms with Crippen molar-refractivity contribution in [2.24, 2.45) is 5.92 Å². The van der Waals surface area contributed by atoms with Crippen LogP contribution < -0.4 is 5.32 Å². The van der Waals surface area contributed by atoms with Gasteiger partial charge in [0.25, 0.3) is 0 Å². The Bertz CT molecular complexity index is 1370. The van der Waals surface area contributed by atoms with Crippen molar-refractivity contribution >= 4 is 11.0 Å². The smallest absolute Gasteiger partial charge is 0.168 e. The third kappa shape index (κ3) is 3.70. The topological polar surface area (TPSA) is 107 Å². The highest BCUT2D eigenvalue weighted by atomic mass is 16.3. The molecule has 3 heterocycles. The van der Waals surface area contributed by atoms with Crippen molar-refractivity contribution in [3.05, 3.63) is 84.4 Å². The summed E-state index contributed by atoms with van der Waals surface area (Å²) < 4.78 is 3.94. The SMILES string of the molecule is C[C@H]1C=CC(NC(O)c2cc(-n3nnc4ccccc43)ccn2)=CC1c1nncn1C1CC1. The molecule has 0 aliphatic heterocycles. The minimum atomic E-state index is -0.981. The molecule has 0 bridgehead atoms. The maximum absolute atomic E-state index is 10.9. The number of allylic oxidation sites excluding steroid dienone is 3. The number of aromatic nitrogens is 7. The molecule has 2 N–H and O–H groups in total. The number of fused-ring (bicyclic) bond motifs is 1. The first-order valence-electron chi connectivity index (χ1n) is 11.2. The van der Waals surface area contributed by atoms with E-state index in [1.165, 1.54) is 12.8 Å². The Morgan fingerprint density at radius 2 is 2.03 bits per heavy atom. The first-order chi connectivity index (χ1) is 16.2. The second kappa shape index (κ2) is 7.93. The van der Waals surface area contributed by atoms with E-state index in [-0.39, 0.29) is 11.8 Å². The zero-order valence-corrected chi connectivity index (χ0v) is 18.2. The monoisotopic (exact) mass is 440 g/mol. The maximum atomic E-state index is 10.9. The van der Waals surface area contributed by atoms with E-state index in [4.69, 9.17) is 0 Å². The van der Waals surface area contributed by atoms with Crippen LogP contribution in [0, 0.1) is 5.92 Å². The number of aliphatic hydroxyl groups excluding tert-OH is 1. The fourth-order valence-electron chi connectivity index (χ4n) is 4.32. The van der Waals surface area contributed by atoms with Crippen molar-refractivity contribution in [1.82, 2.24) is 40.1 Å². The fraction of sp³-hybridized carbons (Fsp3) is 0.292. The summed E-state index contributed by atoms with van der Waals surface area (Å²) in [7, 11) is 0. The minimum Gasteiger partial charge on any atom is -0.368 e. The van der Waals surface area contributed by atoms with Crippen LogP contribution in [0.3, 0.4) is 0 Å². The van der Waals surface area contributed by atoms with E-state index in [0.29, 0.717) is 11.7 Å². The molecular weight excluding hydrogens is 416 g/mol. The lowest BCUT2D eigenvalue weighted by molar-refractivity contribution is 0.148. The fourth-order valence-corrected chi connectivity index (χ4v) is 4.32. The van der Waals surface area contributed by atoms with E-state index in [2.05, 4.69) is 54.5 Å². The van der Waals surface area contributed by atoms with Crippen molar-refractivity contribution < 1.29 is 5.11 Å². The lowest BCUT2D eigenvalue weighted by Gasteiger charge is -2.25. The van der Waals surface area contributed by atoms with Crippen molar-refractivity contribution in [2.75, 3.05) is 0 Å². The molecule has 0 amide bonds. The third-order valence-electron chi connectivity index (χ3n) is 6.29. The number of hydrogen-bond acceptors (Lipinski definition) is 7. The molecule has 9 nitrogen and oxygen atoms in total. The zero-order chi connectivity index (χ0) is 22.4. The highest BCUT2D eigenvalue weighted by Gasteiger charge is 2.31. The van der Waals surface area contributed by atoms with Gasteiger partial charge in [0.15, 0.2) is 6.23 Å². The third-order valence-corrected chi connectivity index (χ3v) is 6.29. The molecule has 3 atom stereocenters. The van der Waals surface area contributed by atoms with E-state index >= 15 is 0 Å². The summed E-state index contributed by atoms with van der Waals surface area (Å²) in [6.45, 7) is 2.17. The summed E-state index contributed by atoms with van der Waals surface area (Å²) in [6.07, 6.45) is 11.1. The van der Waals surface area contributed by atoms with Crippen LogP contribution in [0.4, 0.5) is 0 Å². The normalized spacial score (nSPS) is 21.2. The van der Waals surface area contributed by atoms with E-state index < -0.39 is 6.23 Å². The molecule has 166 valence electrons. The van der Waals surface area contributed by atoms with Gasteiger partial charge in [-0.15, -0.1) is 15.3 Å². The van der Waals surface area contributed by atoms with Gasteiger partial charge in [0.05, 0.1) is 16.9 Å². The van der Waals surface area contributed by atoms with Crippen LogP contribution in [0.5, 0.6) is 0 Å². The summed E-state index contributed by atoms with van der Waals surface area (Å²) in [5, 5.41) is 31.1. The molecule has 33 heavy (non-hydrogen) atoms. The van der Waals surface area contributed by atoms with E-state index in [9.17, 15) is 5.11 Å². The second-order valence-corrected chi connectivity index (χ2v) is 8.67. The predicted octanol–water partition coefficient (Wildman–Crippen LogP) is 3.20. The number of aliphatic hydroxyl groups is 1. The van der Waals surface area contributed by atoms with E-state index in [0.717, 1.165) is 28.2 Å². The van der Waals surface area contributed by atoms with Gasteiger partial charge in [-0.05, 0) is 55.2 Å². The number of pyridine rings is 1. The molecule has 1 aromatic carbocycles. The van der Waals surface area contributed by atoms with Crippen LogP contribution >= 0.6 is 0 Å². The standard InChI is InChI=1S/C24H24N8O/c1-15-6-7-16(12-19(15)23-29-26-14-31(23)17-8-9-17)27-24(33)21-13-18(10-11-25-21)32-22-5-3-2-4-20(22)28-30-32/h2-7,10-15,17,19,24,27,33H,8-9H2,1H3/t15-,19?,24?/m0/s1. The molecule has 1 saturated carbocycles. The van der Waals surface area contributed by atoms with Crippen molar-refractivity contribution in [3.8, 4) is 5.69 Å². The van der Waals surface area contributed by atoms with E-state index in [1.807, 2.05) is 48.8 Å². The number of benzene rings is 1. The average Bonchev–Trinajstić information content (AvgIpc) is 3.41. The van der Waals surface area contributed by atoms with Crippen molar-refractivity contribution in [1.29, 1.82) is 0 Å². The molecule has 4 aromatic rings. The van der Waals surface area contributed by atoms with Gasteiger partial charge in [0, 0.05) is 23.9 Å². The van der Waals surface area contributed by atoms with Gasteiger partial charge in [-0.1, -0.05) is 30.3 Å². The molecule has 0 spiro atoms. The Balaban J connectivity index is 1.25. The molecule has 0 radical (unpaired) electrons. The van der Waals surface area contributed by atoms with Gasteiger partial charge in [0.1, 0.15) is 17.7 Å². The van der Waals surface area contributed by atoms with Gasteiger partial charge in [-0.2, -0.15) is 0 Å². The Morgan fingerprint density at radius 3 is 2.91 bits per heavy atom. The Morgan fingerprint density at radius 1 is 1.15 bits per heavy atom. The van der Waals surface area contributed by atoms with Gasteiger partial charge in [-0.3, -0.25) is 4.98 Å². The second-order valence-electron chi connectivity index (χ2n) is 8.67. The molecule has 2 aliphatic rings. The minimum absolute atomic E-state index is 0.0913. The molecule has 2 unspecified atom stereocenters. The van der Waals surface area contributed by atoms with Gasteiger partial charge in [-0.25, -0.2) is 4.68 Å². The molecular formula is C24H24N8O. The van der Waals surface area contributed by atoms with Crippen molar-refractivity contribution in [3.63, 3.8) is 0 Å². The number of rotatable bonds is 6. The zero-order valence-electron chi connectivity index (χ0n) is 18.2. The van der Waals surface area contributed by atoms with Crippen LogP contribution in [-0.2, 0) is 0 Å². The summed E-state index contributed by atoms with van der Waals surface area (Å²) in [6, 6.07) is 11.9. The summed E-state index contributed by atoms with van der Waals surface area (Å²) >= 11 is 0. The number of para-hydroxylation sites is 1. The quantitative estimate of drug-likeness (QED) is 0.444. The highest BCUT2D eigenvalue weighted by Crippen LogP contribution is 2.39. The predicted molar refractivity (Wildman–Crippen MR) is 122 cm³/mol. The largest absolute Gasteiger partial charge is 0.368 e. The lowest BCUT2D eigenvalue weighted by Crippen LogP contribution is -2.24. The van der Waals surface area contributed by atoms with Crippen LogP contribution in [0.1, 0.15) is 49.5 Å². The van der Waals surface area contributed by atoms with Crippen LogP contribution in [0.2, 0.25) is 0 Å². The Labute approximate surface area is 190 Å². The number of nitrogens with one attached hydrogen (secondary N) is 1. The maximum Gasteiger partial charge on any atom is 0.168 e. The molecule has 1 fully saturated rings. The van der Waals surface area contributed by atoms with E-state index in [1.54, 1.807) is 10.9 Å². The van der Waals surface area contributed by atoms with Crippen LogP contribution in [0.15, 0.2) is 72.8 Å². The lowest BCUT2D eigenvalue weighted by atomic mass is 9.88. The van der Waals surface area contributed by atoms with Gasteiger partial charge in [0.2, 0.25) is 0 Å². The van der Waals surface area contributed by atoms with Crippen LogP contribution in [-0.4, -0.2) is 39.8 Å². The molecule has 6 rings (SSSR count). The molecule has 3 aromatic heterocycles. The first-order valence-corrected chi connectivity index (χ1v) is 11.2. The highest BCUT2D eigenvalue weighted by molar-refractivity contribution is 5.75. The van der Waals surface area contributed by atoms with Crippen LogP contribution in [0.25, 0.3) is 16.7 Å². The first kappa shape index (κ1) is 19.8. The number of nitrogens with zero attached hydrogens (tertiary/aromatic N) is 7. The summed E-state index contributed by atoms with van der Waals surface area (Å²) in [5.74, 6) is 1.35. The summed E-state index contributed by atoms with van der Waals surface area (Å²) in [5.41, 5.74) is 3.82. The Kier molecular flexibility index (Phi) is 4.76. The molecule has 9 heteroatoms. The molecule has 2 aliphatic carbocycles. The van der Waals surface area contributed by atoms with Gasteiger partial charge >= 0.3 is 0 Å². The van der Waals surface area contributed by atoms with Gasteiger partial charge < -0.3 is 15.0 Å². The average molecular weight is 441 g/mol. The van der Waals surface area contributed by atoms with Crippen molar-refractivity contribution in [2.45, 2.75) is 38.0 Å². The molecule has 0 saturated heterocycles. The number of hydrogen-bond donors (Lipinski definition) is 2.